The molecule has 0 spiro atoms. The van der Waals surface area contributed by atoms with E-state index in [1.165, 1.54) is 18.2 Å². The molecule has 0 aliphatic heterocycles. The molecule has 86 valence electrons. The van der Waals surface area contributed by atoms with Gasteiger partial charge in [0.15, 0.2) is 0 Å². The summed E-state index contributed by atoms with van der Waals surface area (Å²) >= 11 is 0. The molecule has 2 amide bonds. The van der Waals surface area contributed by atoms with Crippen molar-refractivity contribution in [1.29, 1.82) is 0 Å². The van der Waals surface area contributed by atoms with Crippen LogP contribution in [-0.4, -0.2) is 24.9 Å². The van der Waals surface area contributed by atoms with E-state index in [4.69, 9.17) is 5.73 Å². The summed E-state index contributed by atoms with van der Waals surface area (Å²) in [4.78, 5) is 22.4. The predicted octanol–water partition coefficient (Wildman–Crippen LogP) is -0.161. The smallest absolute Gasteiger partial charge is 0.313 e. The summed E-state index contributed by atoms with van der Waals surface area (Å²) < 4.78 is 13.1. The molecule has 6 heteroatoms. The quantitative estimate of drug-likeness (QED) is 0.625. The first kappa shape index (κ1) is 12.1. The van der Waals surface area contributed by atoms with Gasteiger partial charge in [-0.2, -0.15) is 0 Å². The van der Waals surface area contributed by atoms with Crippen molar-refractivity contribution >= 4 is 17.5 Å². The fourth-order valence-corrected chi connectivity index (χ4v) is 1.01. The molecule has 16 heavy (non-hydrogen) atoms. The van der Waals surface area contributed by atoms with Gasteiger partial charge in [0, 0.05) is 13.1 Å². The maximum absolute atomic E-state index is 13.1. The van der Waals surface area contributed by atoms with Crippen molar-refractivity contribution in [2.24, 2.45) is 5.73 Å². The number of amides is 2. The molecule has 1 rings (SSSR count). The van der Waals surface area contributed by atoms with Crippen molar-refractivity contribution in [3.8, 4) is 0 Å². The van der Waals surface area contributed by atoms with Crippen LogP contribution in [0.5, 0.6) is 0 Å². The van der Waals surface area contributed by atoms with Crippen LogP contribution in [0.1, 0.15) is 0 Å². The van der Waals surface area contributed by atoms with Crippen LogP contribution in [0.2, 0.25) is 0 Å². The Morgan fingerprint density at radius 1 is 1.25 bits per heavy atom. The first-order valence-corrected chi connectivity index (χ1v) is 4.69. The molecule has 0 aromatic heterocycles. The summed E-state index contributed by atoms with van der Waals surface area (Å²) in [5.74, 6) is -2.35. The Hall–Kier alpha value is -1.95. The minimum absolute atomic E-state index is 0.0320. The molecule has 1 aromatic carbocycles. The first-order chi connectivity index (χ1) is 7.65. The molecular weight excluding hydrogens is 213 g/mol. The van der Waals surface area contributed by atoms with E-state index < -0.39 is 17.6 Å². The zero-order valence-corrected chi connectivity index (χ0v) is 8.50. The Bertz CT molecular complexity index is 395. The van der Waals surface area contributed by atoms with Crippen LogP contribution in [0.3, 0.4) is 0 Å². The Kier molecular flexibility index (Phi) is 4.41. The van der Waals surface area contributed by atoms with Crippen molar-refractivity contribution in [3.63, 3.8) is 0 Å². The molecule has 0 bridgehead atoms. The molecule has 5 nitrogen and oxygen atoms in total. The zero-order valence-electron chi connectivity index (χ0n) is 8.50. The third-order valence-corrected chi connectivity index (χ3v) is 1.76. The molecule has 0 saturated carbocycles. The number of carbonyl (C=O) groups is 2. The van der Waals surface area contributed by atoms with Gasteiger partial charge in [-0.1, -0.05) is 12.1 Å². The van der Waals surface area contributed by atoms with Crippen LogP contribution in [0.4, 0.5) is 10.1 Å². The van der Waals surface area contributed by atoms with Gasteiger partial charge in [0.2, 0.25) is 0 Å². The van der Waals surface area contributed by atoms with Crippen molar-refractivity contribution in [3.05, 3.63) is 30.1 Å². The number of para-hydroxylation sites is 1. The lowest BCUT2D eigenvalue weighted by atomic mass is 10.3. The molecule has 4 N–H and O–H groups in total. The van der Waals surface area contributed by atoms with Gasteiger partial charge in [0.1, 0.15) is 5.82 Å². The average molecular weight is 225 g/mol. The zero-order chi connectivity index (χ0) is 12.0. The summed E-state index contributed by atoms with van der Waals surface area (Å²) in [6, 6.07) is 5.59. The molecular formula is C10H12FN3O2. The molecule has 0 unspecified atom stereocenters. The number of hydrogen-bond donors (Lipinski definition) is 3. The van der Waals surface area contributed by atoms with Crippen LogP contribution in [0.15, 0.2) is 24.3 Å². The Labute approximate surface area is 91.8 Å². The standard InChI is InChI=1S/C10H12FN3O2/c11-7-3-1-2-4-8(7)14-10(16)9(15)13-6-5-12/h1-4H,5-6,12H2,(H,13,15)(H,14,16). The lowest BCUT2D eigenvalue weighted by Crippen LogP contribution is -2.38. The predicted molar refractivity (Wildman–Crippen MR) is 57.1 cm³/mol. The minimum atomic E-state index is -0.918. The normalized spacial score (nSPS) is 9.62. The Balaban J connectivity index is 2.58. The minimum Gasteiger partial charge on any atom is -0.347 e. The number of rotatable bonds is 3. The van der Waals surface area contributed by atoms with Crippen molar-refractivity contribution in [2.45, 2.75) is 0 Å². The van der Waals surface area contributed by atoms with Crippen LogP contribution in [-0.2, 0) is 9.59 Å². The number of halogens is 1. The van der Waals surface area contributed by atoms with E-state index >= 15 is 0 Å². The largest absolute Gasteiger partial charge is 0.347 e. The van der Waals surface area contributed by atoms with Crippen LogP contribution in [0.25, 0.3) is 0 Å². The third-order valence-electron chi connectivity index (χ3n) is 1.76. The fourth-order valence-electron chi connectivity index (χ4n) is 1.01. The van der Waals surface area contributed by atoms with E-state index in [-0.39, 0.29) is 18.8 Å². The molecule has 0 fully saturated rings. The van der Waals surface area contributed by atoms with Crippen LogP contribution >= 0.6 is 0 Å². The summed E-state index contributed by atoms with van der Waals surface area (Å²) in [5, 5.41) is 4.43. The monoisotopic (exact) mass is 225 g/mol. The van der Waals surface area contributed by atoms with Gasteiger partial charge in [-0.05, 0) is 12.1 Å². The summed E-state index contributed by atoms with van der Waals surface area (Å²) in [6.07, 6.45) is 0. The maximum atomic E-state index is 13.1. The van der Waals surface area contributed by atoms with E-state index in [2.05, 4.69) is 10.6 Å². The number of nitrogens with two attached hydrogens (primary N) is 1. The second-order valence-corrected chi connectivity index (χ2v) is 2.98. The lowest BCUT2D eigenvalue weighted by Gasteiger charge is -2.05. The fraction of sp³-hybridized carbons (Fsp3) is 0.200. The van der Waals surface area contributed by atoms with Gasteiger partial charge < -0.3 is 16.4 Å². The SMILES string of the molecule is NCCNC(=O)C(=O)Nc1ccccc1F. The number of hydrogen-bond acceptors (Lipinski definition) is 3. The molecule has 0 aliphatic carbocycles. The van der Waals surface area contributed by atoms with E-state index in [0.29, 0.717) is 0 Å². The maximum Gasteiger partial charge on any atom is 0.313 e. The highest BCUT2D eigenvalue weighted by molar-refractivity contribution is 6.39. The highest BCUT2D eigenvalue weighted by atomic mass is 19.1. The summed E-state index contributed by atoms with van der Waals surface area (Å²) in [7, 11) is 0. The Morgan fingerprint density at radius 2 is 1.94 bits per heavy atom. The van der Waals surface area contributed by atoms with Crippen LogP contribution < -0.4 is 16.4 Å². The molecule has 1 aromatic rings. The average Bonchev–Trinajstić information content (AvgIpc) is 2.28. The second-order valence-electron chi connectivity index (χ2n) is 2.98. The van der Waals surface area contributed by atoms with Crippen molar-refractivity contribution < 1.29 is 14.0 Å². The lowest BCUT2D eigenvalue weighted by molar-refractivity contribution is -0.136. The second kappa shape index (κ2) is 5.82. The summed E-state index contributed by atoms with van der Waals surface area (Å²) in [6.45, 7) is 0.433. The molecule has 0 saturated heterocycles. The van der Waals surface area contributed by atoms with Gasteiger partial charge in [0.05, 0.1) is 5.69 Å². The first-order valence-electron chi connectivity index (χ1n) is 4.69. The Morgan fingerprint density at radius 3 is 2.56 bits per heavy atom. The number of benzene rings is 1. The van der Waals surface area contributed by atoms with E-state index in [0.717, 1.165) is 0 Å². The third kappa shape index (κ3) is 3.32. The van der Waals surface area contributed by atoms with Gasteiger partial charge in [-0.15, -0.1) is 0 Å². The highest BCUT2D eigenvalue weighted by Crippen LogP contribution is 2.11. The van der Waals surface area contributed by atoms with E-state index in [1.54, 1.807) is 6.07 Å². The van der Waals surface area contributed by atoms with Gasteiger partial charge >= 0.3 is 11.8 Å². The molecule has 0 radical (unpaired) electrons. The van der Waals surface area contributed by atoms with Gasteiger partial charge in [-0.25, -0.2) is 4.39 Å². The van der Waals surface area contributed by atoms with Crippen molar-refractivity contribution in [1.82, 2.24) is 5.32 Å². The van der Waals surface area contributed by atoms with E-state index in [9.17, 15) is 14.0 Å². The van der Waals surface area contributed by atoms with Gasteiger partial charge in [-0.3, -0.25) is 9.59 Å². The van der Waals surface area contributed by atoms with Crippen molar-refractivity contribution in [2.75, 3.05) is 18.4 Å². The number of nitrogens with one attached hydrogen (secondary N) is 2. The molecule has 0 aliphatic rings. The van der Waals surface area contributed by atoms with Gasteiger partial charge in [0.25, 0.3) is 0 Å². The topological polar surface area (TPSA) is 84.2 Å². The van der Waals surface area contributed by atoms with Crippen LogP contribution in [0, 0.1) is 5.82 Å². The molecule has 0 atom stereocenters. The van der Waals surface area contributed by atoms with E-state index in [1.807, 2.05) is 0 Å². The number of anilines is 1. The molecule has 0 heterocycles. The summed E-state index contributed by atoms with van der Waals surface area (Å²) in [5.41, 5.74) is 5.12. The highest BCUT2D eigenvalue weighted by Gasteiger charge is 2.14. The number of carbonyl (C=O) groups excluding carboxylic acids is 2.